The molecule has 3 aromatic heterocycles. The normalized spacial score (nSPS) is 14.7. The van der Waals surface area contributed by atoms with Crippen LogP contribution in [0.15, 0.2) is 36.4 Å². The summed E-state index contributed by atoms with van der Waals surface area (Å²) >= 11 is 4.31. The number of nitrogens with one attached hydrogen (secondary N) is 1. The van der Waals surface area contributed by atoms with Crippen molar-refractivity contribution in [3.8, 4) is 11.8 Å². The zero-order chi connectivity index (χ0) is 24.7. The number of aliphatic carboxylic acids is 1. The average molecular weight is 523 g/mol. The molecule has 1 saturated carbocycles. The zero-order valence-corrected chi connectivity index (χ0v) is 21.7. The van der Waals surface area contributed by atoms with E-state index < -0.39 is 23.6 Å². The second-order valence-electron chi connectivity index (χ2n) is 8.59. The third kappa shape index (κ3) is 4.57. The van der Waals surface area contributed by atoms with Gasteiger partial charge in [0.2, 0.25) is 0 Å². The second-order valence-corrected chi connectivity index (χ2v) is 11.5. The third-order valence-corrected chi connectivity index (χ3v) is 9.40. The second kappa shape index (κ2) is 9.11. The summed E-state index contributed by atoms with van der Waals surface area (Å²) in [7, 11) is 0. The first-order valence-electron chi connectivity index (χ1n) is 11.1. The first kappa shape index (κ1) is 23.5. The Balaban J connectivity index is 1.30. The molecule has 1 aliphatic carbocycles. The summed E-state index contributed by atoms with van der Waals surface area (Å²) in [6.45, 7) is 5.65. The number of benzene rings is 1. The number of carbonyl (C=O) groups is 2. The number of hydrogen-bond donors (Lipinski definition) is 2. The summed E-state index contributed by atoms with van der Waals surface area (Å²) < 4.78 is 12.0. The van der Waals surface area contributed by atoms with Crippen molar-refractivity contribution in [1.29, 1.82) is 0 Å². The van der Waals surface area contributed by atoms with Crippen LogP contribution in [0.25, 0.3) is 9.40 Å². The Hall–Kier alpha value is -3.19. The molecule has 4 aromatic rings. The number of hydrogen-bond acceptors (Lipinski definition) is 7. The van der Waals surface area contributed by atoms with Crippen molar-refractivity contribution >= 4 is 61.4 Å². The minimum atomic E-state index is -0.737. The molecule has 0 radical (unpaired) electrons. The van der Waals surface area contributed by atoms with Crippen LogP contribution in [0.2, 0.25) is 0 Å². The van der Waals surface area contributed by atoms with E-state index in [1.54, 1.807) is 11.3 Å². The summed E-state index contributed by atoms with van der Waals surface area (Å²) in [5, 5.41) is 12.4. The molecule has 5 rings (SSSR count). The summed E-state index contributed by atoms with van der Waals surface area (Å²) in [6, 6.07) is 11.8. The van der Waals surface area contributed by atoms with Gasteiger partial charge in [0.15, 0.2) is 0 Å². The number of carboxylic acids is 1. The molecule has 2 N–H and O–H groups in total. The van der Waals surface area contributed by atoms with Crippen LogP contribution < -0.4 is 5.32 Å². The van der Waals surface area contributed by atoms with Crippen molar-refractivity contribution in [3.05, 3.63) is 67.9 Å². The zero-order valence-electron chi connectivity index (χ0n) is 19.3. The lowest BCUT2D eigenvalue weighted by Gasteiger charge is -2.16. The van der Waals surface area contributed by atoms with Gasteiger partial charge in [-0.3, -0.25) is 10.1 Å². The van der Waals surface area contributed by atoms with Gasteiger partial charge >= 0.3 is 12.1 Å². The number of fused-ring (bicyclic) bond motifs is 1. The number of amides is 1. The van der Waals surface area contributed by atoms with Crippen LogP contribution in [-0.4, -0.2) is 21.5 Å². The smallest absolute Gasteiger partial charge is 0.412 e. The van der Waals surface area contributed by atoms with E-state index in [4.69, 9.17) is 4.74 Å². The molecule has 1 unspecified atom stereocenters. The first-order valence-corrected chi connectivity index (χ1v) is 13.5. The van der Waals surface area contributed by atoms with Gasteiger partial charge in [-0.1, -0.05) is 24.3 Å². The standard InChI is InChI=1S/C26H22N2O4S3/c1-14-6-4-5-7-18(14)16(3)32-25(31)27-23-15(2)28-35-19(23)9-8-17-12-20-21(33-17)13-22(34-20)26(10-11-26)24(29)30/h4-7,12-13,16H,10-11H2,1-3H3,(H,27,31)(H,29,30). The molecule has 1 amide bonds. The summed E-state index contributed by atoms with van der Waals surface area (Å²) in [5.74, 6) is 5.57. The molecular weight excluding hydrogens is 500 g/mol. The van der Waals surface area contributed by atoms with Gasteiger partial charge in [0, 0.05) is 14.3 Å². The lowest BCUT2D eigenvalue weighted by Crippen LogP contribution is -2.17. The van der Waals surface area contributed by atoms with Crippen molar-refractivity contribution in [2.75, 3.05) is 5.32 Å². The molecule has 178 valence electrons. The predicted octanol–water partition coefficient (Wildman–Crippen LogP) is 6.86. The number of carbonyl (C=O) groups excluding carboxylic acids is 1. The molecule has 3 heterocycles. The summed E-state index contributed by atoms with van der Waals surface area (Å²) in [5.41, 5.74) is 2.58. The Bertz CT molecular complexity index is 1480. The minimum Gasteiger partial charge on any atom is -0.481 e. The number of ether oxygens (including phenoxy) is 1. The van der Waals surface area contributed by atoms with Crippen molar-refractivity contribution in [1.82, 2.24) is 4.37 Å². The van der Waals surface area contributed by atoms with Gasteiger partial charge in [-0.25, -0.2) is 4.79 Å². The maximum atomic E-state index is 12.6. The van der Waals surface area contributed by atoms with E-state index in [1.165, 1.54) is 22.9 Å². The molecule has 1 aromatic carbocycles. The quantitative estimate of drug-likeness (QED) is 0.280. The van der Waals surface area contributed by atoms with Crippen molar-refractivity contribution < 1.29 is 19.4 Å². The van der Waals surface area contributed by atoms with Crippen molar-refractivity contribution in [3.63, 3.8) is 0 Å². The largest absolute Gasteiger partial charge is 0.481 e. The highest BCUT2D eigenvalue weighted by molar-refractivity contribution is 7.28. The third-order valence-electron chi connectivity index (χ3n) is 6.14. The maximum absolute atomic E-state index is 12.6. The van der Waals surface area contributed by atoms with E-state index in [2.05, 4.69) is 21.5 Å². The van der Waals surface area contributed by atoms with E-state index in [1.807, 2.05) is 57.2 Å². The Kier molecular flexibility index (Phi) is 6.13. The SMILES string of the molecule is Cc1ccccc1C(C)OC(=O)Nc1c(C)nsc1C#Cc1cc2sc(C3(C(=O)O)CC3)cc2s1. The number of aryl methyl sites for hydroxylation is 2. The van der Waals surface area contributed by atoms with Gasteiger partial charge in [0.1, 0.15) is 16.4 Å². The van der Waals surface area contributed by atoms with Gasteiger partial charge in [0.25, 0.3) is 0 Å². The average Bonchev–Trinajstić information content (AvgIpc) is 3.25. The fourth-order valence-corrected chi connectivity index (χ4v) is 7.14. The predicted molar refractivity (Wildman–Crippen MR) is 141 cm³/mol. The first-order chi connectivity index (χ1) is 16.8. The molecular formula is C26H22N2O4S3. The van der Waals surface area contributed by atoms with Gasteiger partial charge in [-0.05, 0) is 80.2 Å². The van der Waals surface area contributed by atoms with Gasteiger partial charge < -0.3 is 9.84 Å². The van der Waals surface area contributed by atoms with Crippen molar-refractivity contribution in [2.24, 2.45) is 0 Å². The molecule has 0 spiro atoms. The molecule has 1 atom stereocenters. The van der Waals surface area contributed by atoms with Crippen LogP contribution >= 0.6 is 34.2 Å². The highest BCUT2D eigenvalue weighted by Crippen LogP contribution is 2.52. The minimum absolute atomic E-state index is 0.391. The number of nitrogens with zero attached hydrogens (tertiary/aromatic N) is 1. The van der Waals surface area contributed by atoms with E-state index in [0.717, 1.165) is 30.3 Å². The number of aromatic nitrogens is 1. The molecule has 6 nitrogen and oxygen atoms in total. The summed E-state index contributed by atoms with van der Waals surface area (Å²) in [6.07, 6.45) is 0.464. The highest BCUT2D eigenvalue weighted by Gasteiger charge is 2.53. The number of anilines is 1. The lowest BCUT2D eigenvalue weighted by atomic mass is 10.1. The van der Waals surface area contributed by atoms with E-state index in [9.17, 15) is 14.7 Å². The van der Waals surface area contributed by atoms with Gasteiger partial charge in [0.05, 0.1) is 16.3 Å². The molecule has 1 fully saturated rings. The van der Waals surface area contributed by atoms with Crippen LogP contribution in [0, 0.1) is 25.7 Å². The van der Waals surface area contributed by atoms with E-state index >= 15 is 0 Å². The fourth-order valence-electron chi connectivity index (χ4n) is 3.94. The topological polar surface area (TPSA) is 88.5 Å². The number of rotatable bonds is 5. The monoisotopic (exact) mass is 522 g/mol. The molecule has 1 aliphatic rings. The van der Waals surface area contributed by atoms with E-state index in [-0.39, 0.29) is 0 Å². The Morgan fingerprint density at radius 2 is 1.89 bits per heavy atom. The molecule has 35 heavy (non-hydrogen) atoms. The van der Waals surface area contributed by atoms with Crippen LogP contribution in [0.4, 0.5) is 10.5 Å². The number of carboxylic acid groups (broad SMARTS) is 1. The van der Waals surface area contributed by atoms with E-state index in [0.29, 0.717) is 29.1 Å². The van der Waals surface area contributed by atoms with Crippen LogP contribution in [0.5, 0.6) is 0 Å². The maximum Gasteiger partial charge on any atom is 0.412 e. The molecule has 0 bridgehead atoms. The molecule has 9 heteroatoms. The van der Waals surface area contributed by atoms with Crippen molar-refractivity contribution in [2.45, 2.75) is 45.1 Å². The van der Waals surface area contributed by atoms with Gasteiger partial charge in [-0.15, -0.1) is 22.7 Å². The Morgan fingerprint density at radius 3 is 2.57 bits per heavy atom. The Labute approximate surface area is 214 Å². The van der Waals surface area contributed by atoms with Crippen LogP contribution in [0.3, 0.4) is 0 Å². The Morgan fingerprint density at radius 1 is 1.14 bits per heavy atom. The van der Waals surface area contributed by atoms with Gasteiger partial charge in [-0.2, -0.15) is 4.37 Å². The summed E-state index contributed by atoms with van der Waals surface area (Å²) in [4.78, 5) is 26.7. The van der Waals surface area contributed by atoms with Crippen LogP contribution in [0.1, 0.15) is 57.3 Å². The highest BCUT2D eigenvalue weighted by atomic mass is 32.1. The van der Waals surface area contributed by atoms with Crippen LogP contribution in [-0.2, 0) is 14.9 Å². The number of thiophene rings is 2. The molecule has 0 saturated heterocycles. The lowest BCUT2D eigenvalue weighted by molar-refractivity contribution is -0.139. The fraction of sp³-hybridized carbons (Fsp3) is 0.269. The molecule has 0 aliphatic heterocycles.